The summed E-state index contributed by atoms with van der Waals surface area (Å²) in [7, 11) is 0. The fourth-order valence-corrected chi connectivity index (χ4v) is 2.98. The number of carbonyl (C=O) groups excluding carboxylic acids is 2. The summed E-state index contributed by atoms with van der Waals surface area (Å²) in [5.74, 6) is -0.655. The number of amides is 1. The average molecular weight is 431 g/mol. The molecular weight excluding hydrogens is 404 g/mol. The predicted molar refractivity (Wildman–Crippen MR) is 116 cm³/mol. The maximum absolute atomic E-state index is 12.4. The molecule has 0 fully saturated rings. The van der Waals surface area contributed by atoms with Crippen molar-refractivity contribution in [3.05, 3.63) is 65.2 Å². The van der Waals surface area contributed by atoms with Gasteiger partial charge in [0, 0.05) is 11.8 Å². The summed E-state index contributed by atoms with van der Waals surface area (Å²) in [5.41, 5.74) is 3.39. The van der Waals surface area contributed by atoms with Gasteiger partial charge in [-0.2, -0.15) is 8.78 Å². The van der Waals surface area contributed by atoms with Gasteiger partial charge in [-0.3, -0.25) is 4.79 Å². The van der Waals surface area contributed by atoms with E-state index in [1.807, 2.05) is 45.9 Å². The first kappa shape index (κ1) is 24.1. The minimum atomic E-state index is -2.90. The second-order valence-electron chi connectivity index (χ2n) is 7.56. The molecule has 0 aromatic heterocycles. The van der Waals surface area contributed by atoms with Gasteiger partial charge in [0.25, 0.3) is 5.91 Å². The van der Waals surface area contributed by atoms with Crippen LogP contribution in [0.25, 0.3) is 6.08 Å². The minimum Gasteiger partial charge on any atom is -0.452 e. The van der Waals surface area contributed by atoms with Crippen LogP contribution < -0.4 is 10.1 Å². The lowest BCUT2D eigenvalue weighted by Gasteiger charge is -2.20. The van der Waals surface area contributed by atoms with Crippen LogP contribution in [0.4, 0.5) is 14.5 Å². The molecule has 0 aliphatic rings. The van der Waals surface area contributed by atoms with Crippen LogP contribution in [0.1, 0.15) is 56.2 Å². The SMILES string of the molecule is CC(C)c1cccc(C(C)C)c1NC(=O)COC(=O)/C=C/c1ccc(OC(F)F)cc1. The van der Waals surface area contributed by atoms with Gasteiger partial charge in [0.2, 0.25) is 0 Å². The molecule has 0 atom stereocenters. The van der Waals surface area contributed by atoms with Crippen molar-refractivity contribution in [1.82, 2.24) is 0 Å². The summed E-state index contributed by atoms with van der Waals surface area (Å²) >= 11 is 0. The molecule has 0 heterocycles. The van der Waals surface area contributed by atoms with Gasteiger partial charge in [0.1, 0.15) is 5.75 Å². The number of ether oxygens (including phenoxy) is 2. The molecule has 0 saturated carbocycles. The molecule has 166 valence electrons. The van der Waals surface area contributed by atoms with Gasteiger partial charge >= 0.3 is 12.6 Å². The number of hydrogen-bond acceptors (Lipinski definition) is 4. The summed E-state index contributed by atoms with van der Waals surface area (Å²) in [4.78, 5) is 24.3. The number of anilines is 1. The Balaban J connectivity index is 1.94. The molecule has 1 amide bonds. The molecular formula is C24H27F2NO4. The Kier molecular flexibility index (Phi) is 8.73. The summed E-state index contributed by atoms with van der Waals surface area (Å²) in [6.45, 7) is 4.87. The number of halogens is 2. The third-order valence-electron chi connectivity index (χ3n) is 4.50. The van der Waals surface area contributed by atoms with E-state index in [9.17, 15) is 18.4 Å². The van der Waals surface area contributed by atoms with Crippen molar-refractivity contribution >= 4 is 23.6 Å². The molecule has 7 heteroatoms. The van der Waals surface area contributed by atoms with Crippen molar-refractivity contribution in [2.24, 2.45) is 0 Å². The topological polar surface area (TPSA) is 64.6 Å². The fourth-order valence-electron chi connectivity index (χ4n) is 2.98. The Morgan fingerprint density at radius 3 is 2.06 bits per heavy atom. The van der Waals surface area contributed by atoms with Gasteiger partial charge in [-0.15, -0.1) is 0 Å². The van der Waals surface area contributed by atoms with Gasteiger partial charge in [0.05, 0.1) is 0 Å². The molecule has 0 saturated heterocycles. The van der Waals surface area contributed by atoms with Crippen LogP contribution in [0.2, 0.25) is 0 Å². The van der Waals surface area contributed by atoms with E-state index in [1.165, 1.54) is 30.3 Å². The number of nitrogens with one attached hydrogen (secondary N) is 1. The highest BCUT2D eigenvalue weighted by Gasteiger charge is 2.16. The van der Waals surface area contributed by atoms with E-state index in [0.29, 0.717) is 5.56 Å². The van der Waals surface area contributed by atoms with Gasteiger partial charge < -0.3 is 14.8 Å². The van der Waals surface area contributed by atoms with E-state index in [-0.39, 0.29) is 17.6 Å². The van der Waals surface area contributed by atoms with Crippen LogP contribution in [0, 0.1) is 0 Å². The highest BCUT2D eigenvalue weighted by molar-refractivity contribution is 5.96. The first-order chi connectivity index (χ1) is 14.7. The number of alkyl halides is 2. The third-order valence-corrected chi connectivity index (χ3v) is 4.50. The van der Waals surface area contributed by atoms with Crippen LogP contribution in [-0.4, -0.2) is 25.1 Å². The number of hydrogen-bond donors (Lipinski definition) is 1. The fraction of sp³-hybridized carbons (Fsp3) is 0.333. The van der Waals surface area contributed by atoms with Crippen LogP contribution in [-0.2, 0) is 14.3 Å². The monoisotopic (exact) mass is 431 g/mol. The molecule has 1 N–H and O–H groups in total. The molecule has 5 nitrogen and oxygen atoms in total. The third kappa shape index (κ3) is 7.51. The van der Waals surface area contributed by atoms with Crippen molar-refractivity contribution in [2.75, 3.05) is 11.9 Å². The van der Waals surface area contributed by atoms with Crippen molar-refractivity contribution in [3.8, 4) is 5.75 Å². The first-order valence-electron chi connectivity index (χ1n) is 9.99. The molecule has 0 radical (unpaired) electrons. The molecule has 2 aromatic rings. The summed E-state index contributed by atoms with van der Waals surface area (Å²) in [6, 6.07) is 11.7. The van der Waals surface area contributed by atoms with Gasteiger partial charge in [0.15, 0.2) is 6.61 Å². The molecule has 0 aliphatic heterocycles. The molecule has 2 rings (SSSR count). The molecule has 0 bridgehead atoms. The zero-order valence-corrected chi connectivity index (χ0v) is 18.0. The summed E-state index contributed by atoms with van der Waals surface area (Å²) in [6.07, 6.45) is 2.62. The Morgan fingerprint density at radius 1 is 0.968 bits per heavy atom. The maximum Gasteiger partial charge on any atom is 0.387 e. The lowest BCUT2D eigenvalue weighted by Crippen LogP contribution is -2.22. The zero-order chi connectivity index (χ0) is 23.0. The van der Waals surface area contributed by atoms with Gasteiger partial charge in [-0.25, -0.2) is 4.79 Å². The Bertz CT molecular complexity index is 895. The van der Waals surface area contributed by atoms with Crippen LogP contribution >= 0.6 is 0 Å². The van der Waals surface area contributed by atoms with E-state index in [1.54, 1.807) is 0 Å². The van der Waals surface area contributed by atoms with Crippen molar-refractivity contribution in [2.45, 2.75) is 46.1 Å². The van der Waals surface area contributed by atoms with Crippen molar-refractivity contribution < 1.29 is 27.8 Å². The largest absolute Gasteiger partial charge is 0.452 e. The van der Waals surface area contributed by atoms with Crippen LogP contribution in [0.3, 0.4) is 0 Å². The highest BCUT2D eigenvalue weighted by Crippen LogP contribution is 2.32. The summed E-state index contributed by atoms with van der Waals surface area (Å²) in [5, 5.41) is 2.88. The Hall–Kier alpha value is -3.22. The predicted octanol–water partition coefficient (Wildman–Crippen LogP) is 5.73. The molecule has 2 aromatic carbocycles. The second kappa shape index (κ2) is 11.2. The summed E-state index contributed by atoms with van der Waals surface area (Å²) < 4.78 is 33.6. The number of benzene rings is 2. The molecule has 0 unspecified atom stereocenters. The lowest BCUT2D eigenvalue weighted by atomic mass is 9.92. The zero-order valence-electron chi connectivity index (χ0n) is 18.0. The average Bonchev–Trinajstić information content (AvgIpc) is 2.71. The second-order valence-corrected chi connectivity index (χ2v) is 7.56. The Morgan fingerprint density at radius 2 is 1.55 bits per heavy atom. The Labute approximate surface area is 181 Å². The molecule has 0 spiro atoms. The van der Waals surface area contributed by atoms with Crippen LogP contribution in [0.15, 0.2) is 48.5 Å². The van der Waals surface area contributed by atoms with E-state index >= 15 is 0 Å². The van der Waals surface area contributed by atoms with E-state index in [2.05, 4.69) is 10.1 Å². The number of rotatable bonds is 9. The molecule has 31 heavy (non-hydrogen) atoms. The van der Waals surface area contributed by atoms with E-state index < -0.39 is 25.1 Å². The van der Waals surface area contributed by atoms with E-state index in [4.69, 9.17) is 4.74 Å². The minimum absolute atomic E-state index is 0.0221. The lowest BCUT2D eigenvalue weighted by molar-refractivity contribution is -0.142. The van der Waals surface area contributed by atoms with Crippen LogP contribution in [0.5, 0.6) is 5.75 Å². The quantitative estimate of drug-likeness (QED) is 0.407. The van der Waals surface area contributed by atoms with Crippen molar-refractivity contribution in [1.29, 1.82) is 0 Å². The number of esters is 1. The highest BCUT2D eigenvalue weighted by atomic mass is 19.3. The number of para-hydroxylation sites is 1. The number of carbonyl (C=O) groups is 2. The standard InChI is InChI=1S/C24H27F2NO4/c1-15(2)19-6-5-7-20(16(3)4)23(19)27-21(28)14-30-22(29)13-10-17-8-11-18(12-9-17)31-24(25)26/h5-13,15-16,24H,14H2,1-4H3,(H,27,28)/b13-10+. The first-order valence-corrected chi connectivity index (χ1v) is 9.99. The normalized spacial score (nSPS) is 11.4. The van der Waals surface area contributed by atoms with Crippen molar-refractivity contribution in [3.63, 3.8) is 0 Å². The van der Waals surface area contributed by atoms with E-state index in [0.717, 1.165) is 22.9 Å². The molecule has 0 aliphatic carbocycles. The van der Waals surface area contributed by atoms with Gasteiger partial charge in [-0.05, 0) is 46.7 Å². The van der Waals surface area contributed by atoms with Gasteiger partial charge in [-0.1, -0.05) is 58.0 Å². The maximum atomic E-state index is 12.4. The smallest absolute Gasteiger partial charge is 0.387 e.